The van der Waals surface area contributed by atoms with E-state index >= 15 is 0 Å². The third kappa shape index (κ3) is 4.51. The first-order chi connectivity index (χ1) is 12.1. The highest BCUT2D eigenvalue weighted by atomic mass is 19.4. The molecular weight excluding hydrogens is 363 g/mol. The van der Waals surface area contributed by atoms with Crippen molar-refractivity contribution in [3.8, 4) is 11.8 Å². The Hall–Kier alpha value is -2.62. The number of aromatic amines is 1. The Kier molecular flexibility index (Phi) is 5.86. The average Bonchev–Trinajstić information content (AvgIpc) is 2.92. The summed E-state index contributed by atoms with van der Waals surface area (Å²) in [6.07, 6.45) is -6.92. The van der Waals surface area contributed by atoms with Crippen LogP contribution < -0.4 is 16.6 Å². The fraction of sp³-hybridized carbons (Fsp3) is 0.500. The minimum atomic E-state index is -5.05. The van der Waals surface area contributed by atoms with E-state index in [0.717, 1.165) is 10.8 Å². The van der Waals surface area contributed by atoms with Crippen LogP contribution in [0.15, 0.2) is 15.8 Å². The number of amides is 1. The van der Waals surface area contributed by atoms with Gasteiger partial charge in [0.15, 0.2) is 0 Å². The largest absolute Gasteiger partial charge is 0.471 e. The lowest BCUT2D eigenvalue weighted by Crippen LogP contribution is -2.37. The molecule has 1 amide bonds. The van der Waals surface area contributed by atoms with E-state index in [-0.39, 0.29) is 12.0 Å². The van der Waals surface area contributed by atoms with Crippen LogP contribution in [0.4, 0.5) is 13.2 Å². The summed E-state index contributed by atoms with van der Waals surface area (Å²) in [6.45, 7) is -1.14. The van der Waals surface area contributed by atoms with Gasteiger partial charge in [-0.05, 0) is 0 Å². The molecule has 26 heavy (non-hydrogen) atoms. The number of rotatable bonds is 3. The van der Waals surface area contributed by atoms with Gasteiger partial charge in [-0.3, -0.25) is 19.1 Å². The molecule has 4 N–H and O–H groups in total. The molecule has 3 atom stereocenters. The van der Waals surface area contributed by atoms with Gasteiger partial charge in [-0.1, -0.05) is 11.8 Å². The monoisotopic (exact) mass is 377 g/mol. The van der Waals surface area contributed by atoms with Crippen LogP contribution >= 0.6 is 0 Å². The molecule has 9 nitrogen and oxygen atoms in total. The topological polar surface area (TPSA) is 134 Å². The summed E-state index contributed by atoms with van der Waals surface area (Å²) < 4.78 is 42.3. The summed E-state index contributed by atoms with van der Waals surface area (Å²) in [5, 5.41) is 20.3. The molecule has 1 aromatic rings. The number of hydrogen-bond donors (Lipinski definition) is 4. The summed E-state index contributed by atoms with van der Waals surface area (Å²) in [4.78, 5) is 36.2. The van der Waals surface area contributed by atoms with E-state index in [9.17, 15) is 32.7 Å². The zero-order valence-corrected chi connectivity index (χ0v) is 13.0. The van der Waals surface area contributed by atoms with Crippen molar-refractivity contribution in [2.75, 3.05) is 13.2 Å². The Labute approximate surface area is 143 Å². The quantitative estimate of drug-likeness (QED) is 0.460. The third-order valence-electron chi connectivity index (χ3n) is 3.48. The highest BCUT2D eigenvalue weighted by Crippen LogP contribution is 2.27. The van der Waals surface area contributed by atoms with Gasteiger partial charge in [0.25, 0.3) is 5.56 Å². The van der Waals surface area contributed by atoms with Gasteiger partial charge in [-0.2, -0.15) is 13.2 Å². The predicted molar refractivity (Wildman–Crippen MR) is 78.9 cm³/mol. The molecule has 1 aliphatic rings. The fourth-order valence-electron chi connectivity index (χ4n) is 2.20. The van der Waals surface area contributed by atoms with Crippen molar-refractivity contribution in [1.29, 1.82) is 0 Å². The van der Waals surface area contributed by atoms with E-state index in [1.807, 2.05) is 4.98 Å². The lowest BCUT2D eigenvalue weighted by Gasteiger charge is -2.14. The standard InChI is InChI=1S/C14H14F3N3O6/c15-14(16,17)12(24)18-3-1-2-7-5-20(13(25)19-11(7)23)10-4-8(22)9(6-21)26-10/h5,8-10,21-22H,3-4,6H2,(H,18,24)(H,19,23,25)/t8-,9?,10-/m1/s1. The van der Waals surface area contributed by atoms with E-state index in [1.54, 1.807) is 0 Å². The lowest BCUT2D eigenvalue weighted by atomic mass is 10.2. The van der Waals surface area contributed by atoms with Crippen molar-refractivity contribution < 1.29 is 32.9 Å². The third-order valence-corrected chi connectivity index (χ3v) is 3.48. The fourth-order valence-corrected chi connectivity index (χ4v) is 2.20. The van der Waals surface area contributed by atoms with Crippen LogP contribution in [0.5, 0.6) is 0 Å². The minimum absolute atomic E-state index is 0.0221. The Morgan fingerprint density at radius 2 is 2.15 bits per heavy atom. The molecule has 1 aliphatic heterocycles. The van der Waals surface area contributed by atoms with E-state index in [1.165, 1.54) is 5.32 Å². The zero-order valence-electron chi connectivity index (χ0n) is 13.0. The van der Waals surface area contributed by atoms with Gasteiger partial charge in [0.2, 0.25) is 0 Å². The molecule has 1 fully saturated rings. The number of H-pyrrole nitrogens is 1. The molecular formula is C14H14F3N3O6. The average molecular weight is 377 g/mol. The molecule has 2 heterocycles. The van der Waals surface area contributed by atoms with E-state index < -0.39 is 54.9 Å². The second-order valence-electron chi connectivity index (χ2n) is 5.31. The van der Waals surface area contributed by atoms with Crippen molar-refractivity contribution in [2.24, 2.45) is 0 Å². The van der Waals surface area contributed by atoms with Crippen molar-refractivity contribution in [1.82, 2.24) is 14.9 Å². The first-order valence-electron chi connectivity index (χ1n) is 7.27. The molecule has 2 rings (SSSR count). The van der Waals surface area contributed by atoms with Gasteiger partial charge >= 0.3 is 17.8 Å². The van der Waals surface area contributed by atoms with E-state index in [0.29, 0.717) is 0 Å². The van der Waals surface area contributed by atoms with Crippen LogP contribution in [0.1, 0.15) is 18.2 Å². The lowest BCUT2D eigenvalue weighted by molar-refractivity contribution is -0.173. The smallest absolute Gasteiger partial charge is 0.394 e. The molecule has 1 aromatic heterocycles. The maximum Gasteiger partial charge on any atom is 0.471 e. The van der Waals surface area contributed by atoms with Gasteiger partial charge in [-0.25, -0.2) is 4.79 Å². The molecule has 0 aliphatic carbocycles. The summed E-state index contributed by atoms with van der Waals surface area (Å²) in [6, 6.07) is 0. The first kappa shape index (κ1) is 19.7. The summed E-state index contributed by atoms with van der Waals surface area (Å²) in [5.41, 5.74) is -1.98. The molecule has 0 saturated carbocycles. The normalized spacial score (nSPS) is 22.6. The van der Waals surface area contributed by atoms with Crippen molar-refractivity contribution in [2.45, 2.75) is 31.0 Å². The summed E-state index contributed by atoms with van der Waals surface area (Å²) in [5.74, 6) is 2.24. The molecule has 12 heteroatoms. The Balaban J connectivity index is 2.17. The Morgan fingerprint density at radius 1 is 1.46 bits per heavy atom. The second-order valence-corrected chi connectivity index (χ2v) is 5.31. The van der Waals surface area contributed by atoms with Gasteiger partial charge in [-0.15, -0.1) is 0 Å². The number of alkyl halides is 3. The summed E-state index contributed by atoms with van der Waals surface area (Å²) in [7, 11) is 0. The van der Waals surface area contributed by atoms with Crippen molar-refractivity contribution in [3.63, 3.8) is 0 Å². The molecule has 1 unspecified atom stereocenters. The van der Waals surface area contributed by atoms with Crippen LogP contribution in [0.25, 0.3) is 0 Å². The second kappa shape index (κ2) is 7.73. The number of ether oxygens (including phenoxy) is 1. The van der Waals surface area contributed by atoms with Gasteiger partial charge in [0.1, 0.15) is 17.9 Å². The van der Waals surface area contributed by atoms with Gasteiger partial charge in [0, 0.05) is 12.6 Å². The maximum atomic E-state index is 12.0. The van der Waals surface area contributed by atoms with Crippen molar-refractivity contribution in [3.05, 3.63) is 32.6 Å². The number of carbonyl (C=O) groups is 1. The molecule has 0 spiro atoms. The number of carbonyl (C=O) groups excluding carboxylic acids is 1. The number of aliphatic hydroxyl groups excluding tert-OH is 2. The van der Waals surface area contributed by atoms with Crippen LogP contribution in [-0.2, 0) is 9.53 Å². The van der Waals surface area contributed by atoms with Crippen LogP contribution in [0.3, 0.4) is 0 Å². The molecule has 1 saturated heterocycles. The van der Waals surface area contributed by atoms with Crippen molar-refractivity contribution >= 4 is 5.91 Å². The number of hydrogen-bond acceptors (Lipinski definition) is 6. The number of nitrogens with zero attached hydrogens (tertiary/aromatic N) is 1. The van der Waals surface area contributed by atoms with E-state index in [4.69, 9.17) is 9.84 Å². The van der Waals surface area contributed by atoms with E-state index in [2.05, 4.69) is 11.8 Å². The van der Waals surface area contributed by atoms with Gasteiger partial charge in [0.05, 0.1) is 19.3 Å². The molecule has 0 bridgehead atoms. The molecule has 0 radical (unpaired) electrons. The number of halogens is 3. The number of aliphatic hydroxyl groups is 2. The summed E-state index contributed by atoms with van der Waals surface area (Å²) >= 11 is 0. The zero-order chi connectivity index (χ0) is 19.5. The number of aromatic nitrogens is 2. The SMILES string of the molecule is O=C(NCC#Cc1cn([C@H]2C[C@@H](O)C(CO)O2)c(=O)[nH]c1=O)C(F)(F)F. The van der Waals surface area contributed by atoms with Crippen LogP contribution in [-0.4, -0.2) is 57.2 Å². The Bertz CT molecular complexity index is 850. The predicted octanol–water partition coefficient (Wildman–Crippen LogP) is -1.79. The van der Waals surface area contributed by atoms with Crippen LogP contribution in [0.2, 0.25) is 0 Å². The first-order valence-corrected chi connectivity index (χ1v) is 7.27. The Morgan fingerprint density at radius 3 is 2.73 bits per heavy atom. The van der Waals surface area contributed by atoms with Gasteiger partial charge < -0.3 is 20.3 Å². The van der Waals surface area contributed by atoms with Crippen LogP contribution in [0, 0.1) is 11.8 Å². The molecule has 142 valence electrons. The number of nitrogens with one attached hydrogen (secondary N) is 2. The highest BCUT2D eigenvalue weighted by Gasteiger charge is 2.38. The molecule has 0 aromatic carbocycles. The highest BCUT2D eigenvalue weighted by molar-refractivity contribution is 5.81. The maximum absolute atomic E-state index is 12.0. The minimum Gasteiger partial charge on any atom is -0.394 e.